The molecule has 19 nitrogen and oxygen atoms in total. The van der Waals surface area contributed by atoms with Gasteiger partial charge in [0.25, 0.3) is 0 Å². The second-order valence-corrected chi connectivity index (χ2v) is 22.5. The Morgan fingerprint density at radius 3 is 1.23 bits per heavy atom. The number of aliphatic hydroxyl groups excluding tert-OH is 11. The zero-order valence-electron chi connectivity index (χ0n) is 49.3. The minimum Gasteiger partial charge on any atom is -0.394 e. The summed E-state index contributed by atoms with van der Waals surface area (Å²) in [5.74, 6) is -0.299. The zero-order chi connectivity index (χ0) is 59.0. The summed E-state index contributed by atoms with van der Waals surface area (Å²) >= 11 is 0. The van der Waals surface area contributed by atoms with Crippen LogP contribution in [0.15, 0.2) is 48.6 Å². The van der Waals surface area contributed by atoms with Crippen LogP contribution in [0.1, 0.15) is 206 Å². The average molecular weight is 1160 g/mol. The van der Waals surface area contributed by atoms with Crippen molar-refractivity contribution in [2.45, 2.75) is 311 Å². The molecular weight excluding hydrogens is 1050 g/mol. The Balaban J connectivity index is 1.51. The highest BCUT2D eigenvalue weighted by Crippen LogP contribution is 2.33. The van der Waals surface area contributed by atoms with E-state index in [1.54, 1.807) is 6.08 Å². The van der Waals surface area contributed by atoms with E-state index in [0.29, 0.717) is 12.8 Å². The topological polar surface area (TPSA) is 307 Å². The van der Waals surface area contributed by atoms with Crippen LogP contribution in [-0.2, 0) is 33.2 Å². The standard InChI is InChI=1S/C62H111NO18/c1-3-5-7-9-11-13-15-17-19-20-21-22-23-24-26-27-29-31-33-35-37-39-46(67)45(63-50(68)40-38-36-34-32-30-28-25-18-16-14-12-10-8-6-4-2)44-76-60-56(74)53(71)58(48(42-65)78-60)81-62-57(75)54(72)59(49(43-66)79-62)80-61-55(73)52(70)51(69)47(41-64)77-61/h18,23-25,29,31,37,39,45-49,51-62,64-67,69-75H,3-17,19-22,26-28,30,32-36,38,40-44H2,1-2H3,(H,63,68)/b24-23+,25-18-,31-29+,39-37+. The molecule has 472 valence electrons. The first-order valence-corrected chi connectivity index (χ1v) is 31.4. The number of hydrogen-bond acceptors (Lipinski definition) is 18. The Morgan fingerprint density at radius 1 is 0.432 bits per heavy atom. The zero-order valence-corrected chi connectivity index (χ0v) is 49.3. The fourth-order valence-electron chi connectivity index (χ4n) is 10.4. The summed E-state index contributed by atoms with van der Waals surface area (Å²) in [7, 11) is 0. The van der Waals surface area contributed by atoms with Gasteiger partial charge in [-0.25, -0.2) is 0 Å². The molecule has 0 bridgehead atoms. The summed E-state index contributed by atoms with van der Waals surface area (Å²) in [4.78, 5) is 13.3. The lowest BCUT2D eigenvalue weighted by Gasteiger charge is -2.48. The maximum atomic E-state index is 13.3. The fraction of sp³-hybridized carbons (Fsp3) is 0.855. The first-order chi connectivity index (χ1) is 39.3. The SMILES string of the molecule is CCCCCCCC/C=C\CCCCCCCC(=O)NC(COC1OC(CO)C(OC2OC(CO)C(OC3OC(CO)C(O)C(O)C3O)C(O)C2O)C(O)C1O)C(O)/C=C/CC/C=C/CC/C=C/CCCCCCCCCCCCC. The molecule has 12 N–H and O–H groups in total. The number of hydrogen-bond donors (Lipinski definition) is 12. The van der Waals surface area contributed by atoms with Crippen LogP contribution in [0, 0.1) is 0 Å². The van der Waals surface area contributed by atoms with Crippen molar-refractivity contribution in [1.29, 1.82) is 0 Å². The number of nitrogens with one attached hydrogen (secondary N) is 1. The Labute approximate surface area is 484 Å². The van der Waals surface area contributed by atoms with Crippen LogP contribution in [0.3, 0.4) is 0 Å². The van der Waals surface area contributed by atoms with E-state index in [9.17, 15) is 61.0 Å². The van der Waals surface area contributed by atoms with Gasteiger partial charge < -0.3 is 89.9 Å². The molecular formula is C62H111NO18. The van der Waals surface area contributed by atoms with Gasteiger partial charge in [0.15, 0.2) is 18.9 Å². The lowest BCUT2D eigenvalue weighted by Crippen LogP contribution is -2.66. The van der Waals surface area contributed by atoms with Crippen molar-refractivity contribution in [2.24, 2.45) is 0 Å². The van der Waals surface area contributed by atoms with Gasteiger partial charge in [0.1, 0.15) is 73.2 Å². The summed E-state index contributed by atoms with van der Waals surface area (Å²) in [6, 6.07) is -1.00. The number of rotatable bonds is 46. The van der Waals surface area contributed by atoms with Gasteiger partial charge in [-0.15, -0.1) is 0 Å². The second kappa shape index (κ2) is 45.1. The quantitative estimate of drug-likeness (QED) is 0.0236. The molecule has 3 fully saturated rings. The first-order valence-electron chi connectivity index (χ1n) is 31.4. The number of aliphatic hydroxyl groups is 11. The Morgan fingerprint density at radius 2 is 0.790 bits per heavy atom. The molecule has 0 aliphatic carbocycles. The highest BCUT2D eigenvalue weighted by Gasteiger charge is 2.53. The van der Waals surface area contributed by atoms with Crippen LogP contribution in [0.4, 0.5) is 0 Å². The molecule has 0 aromatic carbocycles. The molecule has 0 aromatic heterocycles. The number of allylic oxidation sites excluding steroid dienone is 7. The summed E-state index contributed by atoms with van der Waals surface area (Å²) < 4.78 is 34.2. The molecule has 0 aromatic rings. The van der Waals surface area contributed by atoms with Crippen LogP contribution in [0.2, 0.25) is 0 Å². The van der Waals surface area contributed by atoms with Crippen LogP contribution in [0.25, 0.3) is 0 Å². The summed E-state index contributed by atoms with van der Waals surface area (Å²) in [5, 5.41) is 120. The first kappa shape index (κ1) is 73.0. The molecule has 1 amide bonds. The molecule has 0 radical (unpaired) electrons. The van der Waals surface area contributed by atoms with E-state index in [4.69, 9.17) is 28.4 Å². The highest BCUT2D eigenvalue weighted by molar-refractivity contribution is 5.76. The maximum Gasteiger partial charge on any atom is 0.220 e. The monoisotopic (exact) mass is 1160 g/mol. The van der Waals surface area contributed by atoms with E-state index in [-0.39, 0.29) is 18.9 Å². The Hall–Kier alpha value is -2.25. The predicted molar refractivity (Wildman–Crippen MR) is 309 cm³/mol. The van der Waals surface area contributed by atoms with Gasteiger partial charge in [-0.2, -0.15) is 0 Å². The van der Waals surface area contributed by atoms with E-state index < -0.39 is 124 Å². The molecule has 3 rings (SSSR count). The maximum absolute atomic E-state index is 13.3. The van der Waals surface area contributed by atoms with Crippen LogP contribution in [0.5, 0.6) is 0 Å². The third kappa shape index (κ3) is 28.7. The van der Waals surface area contributed by atoms with Gasteiger partial charge >= 0.3 is 0 Å². The molecule has 17 atom stereocenters. The predicted octanol–water partition coefficient (Wildman–Crippen LogP) is 6.26. The molecule has 81 heavy (non-hydrogen) atoms. The number of unbranched alkanes of at least 4 members (excludes halogenated alkanes) is 24. The smallest absolute Gasteiger partial charge is 0.220 e. The van der Waals surface area contributed by atoms with Crippen molar-refractivity contribution in [1.82, 2.24) is 5.32 Å². The van der Waals surface area contributed by atoms with Gasteiger partial charge in [0.2, 0.25) is 5.91 Å². The van der Waals surface area contributed by atoms with Gasteiger partial charge in [0, 0.05) is 6.42 Å². The molecule has 0 saturated carbocycles. The third-order valence-electron chi connectivity index (χ3n) is 15.6. The fourth-order valence-corrected chi connectivity index (χ4v) is 10.4. The van der Waals surface area contributed by atoms with E-state index in [1.807, 2.05) is 6.08 Å². The number of ether oxygens (including phenoxy) is 6. The van der Waals surface area contributed by atoms with Gasteiger partial charge in [0.05, 0.1) is 38.6 Å². The number of carbonyl (C=O) groups is 1. The largest absolute Gasteiger partial charge is 0.394 e. The van der Waals surface area contributed by atoms with Gasteiger partial charge in [-0.05, 0) is 70.6 Å². The molecule has 3 aliphatic rings. The Kier molecular flexibility index (Phi) is 40.7. The van der Waals surface area contributed by atoms with Crippen molar-refractivity contribution in [2.75, 3.05) is 26.4 Å². The average Bonchev–Trinajstić information content (AvgIpc) is 3.52. The molecule has 0 spiro atoms. The van der Waals surface area contributed by atoms with Gasteiger partial charge in [-0.1, -0.05) is 178 Å². The lowest BCUT2D eigenvalue weighted by molar-refractivity contribution is -0.379. The lowest BCUT2D eigenvalue weighted by atomic mass is 9.96. The van der Waals surface area contributed by atoms with Crippen molar-refractivity contribution in [3.8, 4) is 0 Å². The van der Waals surface area contributed by atoms with E-state index in [2.05, 4.69) is 55.6 Å². The second-order valence-electron chi connectivity index (χ2n) is 22.5. The van der Waals surface area contributed by atoms with Crippen molar-refractivity contribution < 1.29 is 89.4 Å². The van der Waals surface area contributed by atoms with Gasteiger partial charge in [-0.3, -0.25) is 4.79 Å². The highest BCUT2D eigenvalue weighted by atomic mass is 16.8. The van der Waals surface area contributed by atoms with E-state index in [0.717, 1.165) is 64.2 Å². The third-order valence-corrected chi connectivity index (χ3v) is 15.6. The molecule has 17 unspecified atom stereocenters. The number of amides is 1. The van der Waals surface area contributed by atoms with Crippen LogP contribution in [-0.4, -0.2) is 193 Å². The van der Waals surface area contributed by atoms with Crippen LogP contribution >= 0.6 is 0 Å². The number of carbonyl (C=O) groups excluding carboxylic acids is 1. The minimum atomic E-state index is -1.98. The minimum absolute atomic E-state index is 0.221. The molecule has 3 aliphatic heterocycles. The summed E-state index contributed by atoms with van der Waals surface area (Å²) in [5.41, 5.74) is 0. The van der Waals surface area contributed by atoms with E-state index in [1.165, 1.54) is 109 Å². The van der Waals surface area contributed by atoms with E-state index >= 15 is 0 Å². The van der Waals surface area contributed by atoms with Crippen molar-refractivity contribution in [3.63, 3.8) is 0 Å². The molecule has 3 saturated heterocycles. The molecule has 3 heterocycles. The molecule has 19 heteroatoms. The Bertz CT molecular complexity index is 1670. The van der Waals surface area contributed by atoms with Crippen LogP contribution < -0.4 is 5.32 Å². The van der Waals surface area contributed by atoms with Crippen molar-refractivity contribution in [3.05, 3.63) is 48.6 Å². The van der Waals surface area contributed by atoms with Crippen molar-refractivity contribution >= 4 is 5.91 Å². The summed E-state index contributed by atoms with van der Waals surface area (Å²) in [6.45, 7) is 1.68. The normalized spacial score (nSPS) is 30.1. The summed E-state index contributed by atoms with van der Waals surface area (Å²) in [6.07, 6.45) is 23.8.